The van der Waals surface area contributed by atoms with E-state index in [0.29, 0.717) is 30.5 Å². The zero-order chi connectivity index (χ0) is 21.3. The number of hydrogen-bond acceptors (Lipinski definition) is 4. The van der Waals surface area contributed by atoms with Gasteiger partial charge in [0, 0.05) is 30.0 Å². The molecule has 2 aromatic rings. The molecule has 1 saturated carbocycles. The van der Waals surface area contributed by atoms with Gasteiger partial charge in [0.05, 0.1) is 18.2 Å². The highest BCUT2D eigenvalue weighted by atomic mass is 79.9. The molecule has 6 nitrogen and oxygen atoms in total. The van der Waals surface area contributed by atoms with Crippen molar-refractivity contribution >= 4 is 33.7 Å². The Hall–Kier alpha value is -2.67. The summed E-state index contributed by atoms with van der Waals surface area (Å²) in [5.74, 6) is 0.275. The van der Waals surface area contributed by atoms with E-state index in [1.807, 2.05) is 29.2 Å². The minimum atomic E-state index is -0.291. The zero-order valence-electron chi connectivity index (χ0n) is 16.8. The van der Waals surface area contributed by atoms with Crippen molar-refractivity contribution in [1.82, 2.24) is 9.80 Å². The van der Waals surface area contributed by atoms with Gasteiger partial charge in [-0.1, -0.05) is 28.1 Å². The third kappa shape index (κ3) is 4.26. The molecule has 1 aliphatic carbocycles. The number of amides is 3. The van der Waals surface area contributed by atoms with E-state index in [9.17, 15) is 14.4 Å². The summed E-state index contributed by atoms with van der Waals surface area (Å²) < 4.78 is 5.95. The van der Waals surface area contributed by atoms with Crippen molar-refractivity contribution in [1.29, 1.82) is 0 Å². The van der Waals surface area contributed by atoms with Gasteiger partial charge >= 0.3 is 0 Å². The minimum Gasteiger partial charge on any atom is -0.497 e. The highest BCUT2D eigenvalue weighted by molar-refractivity contribution is 9.10. The number of imide groups is 1. The number of carbonyl (C=O) groups excluding carboxylic acids is 3. The van der Waals surface area contributed by atoms with Crippen LogP contribution in [0.2, 0.25) is 0 Å². The molecule has 156 valence electrons. The van der Waals surface area contributed by atoms with Crippen LogP contribution in [0.3, 0.4) is 0 Å². The number of rotatable bonds is 8. The van der Waals surface area contributed by atoms with Crippen molar-refractivity contribution in [3.8, 4) is 5.75 Å². The molecular weight excluding hydrogens is 448 g/mol. The maximum atomic E-state index is 12.9. The van der Waals surface area contributed by atoms with Crippen LogP contribution in [-0.2, 0) is 11.3 Å². The molecule has 4 rings (SSSR count). The number of ether oxygens (including phenoxy) is 1. The lowest BCUT2D eigenvalue weighted by Gasteiger charge is -2.23. The quantitative estimate of drug-likeness (QED) is 0.546. The van der Waals surface area contributed by atoms with Crippen LogP contribution in [0.1, 0.15) is 52.0 Å². The fourth-order valence-electron chi connectivity index (χ4n) is 3.73. The molecule has 0 spiro atoms. The van der Waals surface area contributed by atoms with Gasteiger partial charge in [-0.15, -0.1) is 0 Å². The third-order valence-electron chi connectivity index (χ3n) is 5.53. The van der Waals surface area contributed by atoms with Crippen LogP contribution in [0.15, 0.2) is 46.9 Å². The number of carbonyl (C=O) groups is 3. The van der Waals surface area contributed by atoms with E-state index in [4.69, 9.17) is 4.74 Å². The van der Waals surface area contributed by atoms with Crippen LogP contribution < -0.4 is 4.74 Å². The summed E-state index contributed by atoms with van der Waals surface area (Å²) in [7, 11) is 1.63. The van der Waals surface area contributed by atoms with Crippen molar-refractivity contribution in [3.63, 3.8) is 0 Å². The maximum Gasteiger partial charge on any atom is 0.261 e. The number of benzene rings is 2. The van der Waals surface area contributed by atoms with Crippen molar-refractivity contribution < 1.29 is 19.1 Å². The van der Waals surface area contributed by atoms with Crippen molar-refractivity contribution in [2.24, 2.45) is 0 Å². The summed E-state index contributed by atoms with van der Waals surface area (Å²) in [6.07, 6.45) is 2.81. The fourth-order valence-corrected chi connectivity index (χ4v) is 4.09. The van der Waals surface area contributed by atoms with Gasteiger partial charge in [0.25, 0.3) is 11.8 Å². The SMILES string of the molecule is COc1ccc(CN(C(=O)CCCN2C(=O)c3ccc(Br)cc3C2=O)C2CC2)cc1. The summed E-state index contributed by atoms with van der Waals surface area (Å²) in [6.45, 7) is 0.811. The molecule has 1 aliphatic heterocycles. The second-order valence-electron chi connectivity index (χ2n) is 7.66. The molecule has 0 N–H and O–H groups in total. The Morgan fingerprint density at radius 1 is 1.10 bits per heavy atom. The topological polar surface area (TPSA) is 66.9 Å². The van der Waals surface area contributed by atoms with E-state index in [0.717, 1.165) is 28.6 Å². The average molecular weight is 471 g/mol. The molecule has 0 aromatic heterocycles. The molecule has 0 unspecified atom stereocenters. The lowest BCUT2D eigenvalue weighted by Crippen LogP contribution is -2.34. The summed E-state index contributed by atoms with van der Waals surface area (Å²) >= 11 is 3.34. The maximum absolute atomic E-state index is 12.9. The smallest absolute Gasteiger partial charge is 0.261 e. The number of methoxy groups -OCH3 is 1. The van der Waals surface area contributed by atoms with E-state index in [1.165, 1.54) is 4.90 Å². The fraction of sp³-hybridized carbons (Fsp3) is 0.348. The molecule has 2 aliphatic rings. The van der Waals surface area contributed by atoms with Gasteiger partial charge < -0.3 is 9.64 Å². The first-order valence-corrected chi connectivity index (χ1v) is 10.9. The van der Waals surface area contributed by atoms with Gasteiger partial charge in [-0.25, -0.2) is 0 Å². The molecule has 1 fully saturated rings. The lowest BCUT2D eigenvalue weighted by molar-refractivity contribution is -0.132. The minimum absolute atomic E-state index is 0.0627. The lowest BCUT2D eigenvalue weighted by atomic mass is 10.1. The van der Waals surface area contributed by atoms with Gasteiger partial charge in [0.1, 0.15) is 5.75 Å². The van der Waals surface area contributed by atoms with Crippen molar-refractivity contribution in [2.45, 2.75) is 38.3 Å². The number of nitrogens with zero attached hydrogens (tertiary/aromatic N) is 2. The Balaban J connectivity index is 1.34. The number of hydrogen-bond donors (Lipinski definition) is 0. The van der Waals surface area contributed by atoms with E-state index in [1.54, 1.807) is 25.3 Å². The second-order valence-corrected chi connectivity index (χ2v) is 8.57. The zero-order valence-corrected chi connectivity index (χ0v) is 18.4. The molecule has 0 bridgehead atoms. The Kier molecular flexibility index (Phi) is 5.90. The molecule has 0 radical (unpaired) electrons. The first-order chi connectivity index (χ1) is 14.5. The molecular formula is C23H23BrN2O4. The highest BCUT2D eigenvalue weighted by Gasteiger charge is 2.36. The summed E-state index contributed by atoms with van der Waals surface area (Å²) in [5, 5.41) is 0. The standard InChI is InChI=1S/C23H23BrN2O4/c1-30-18-9-4-15(5-10-18)14-26(17-7-8-17)21(27)3-2-12-25-22(28)19-11-6-16(24)13-20(19)23(25)29/h4-6,9-11,13,17H,2-3,7-8,12,14H2,1H3. The van der Waals surface area contributed by atoms with E-state index >= 15 is 0 Å². The van der Waals surface area contributed by atoms with Gasteiger partial charge in [0.2, 0.25) is 5.91 Å². The van der Waals surface area contributed by atoms with Gasteiger partial charge in [-0.3, -0.25) is 19.3 Å². The molecule has 1 heterocycles. The normalized spacial score (nSPS) is 15.3. The van der Waals surface area contributed by atoms with Crippen molar-refractivity contribution in [2.75, 3.05) is 13.7 Å². The molecule has 30 heavy (non-hydrogen) atoms. The van der Waals surface area contributed by atoms with Gasteiger partial charge in [-0.2, -0.15) is 0 Å². The third-order valence-corrected chi connectivity index (χ3v) is 6.02. The van der Waals surface area contributed by atoms with Crippen molar-refractivity contribution in [3.05, 3.63) is 63.6 Å². The number of halogens is 1. The van der Waals surface area contributed by atoms with Crippen LogP contribution in [0, 0.1) is 0 Å². The predicted octanol–water partition coefficient (Wildman–Crippen LogP) is 4.03. The van der Waals surface area contributed by atoms with E-state index in [-0.39, 0.29) is 30.3 Å². The van der Waals surface area contributed by atoms with Crippen LogP contribution in [0.4, 0.5) is 0 Å². The van der Waals surface area contributed by atoms with Crippen LogP contribution in [-0.4, -0.2) is 47.2 Å². The van der Waals surface area contributed by atoms with Crippen LogP contribution in [0.25, 0.3) is 0 Å². The first kappa shape index (κ1) is 20.6. The van der Waals surface area contributed by atoms with Crippen LogP contribution >= 0.6 is 15.9 Å². The van der Waals surface area contributed by atoms with E-state index in [2.05, 4.69) is 15.9 Å². The molecule has 0 saturated heterocycles. The second kappa shape index (κ2) is 8.60. The molecule has 7 heteroatoms. The average Bonchev–Trinajstić information content (AvgIpc) is 3.56. The van der Waals surface area contributed by atoms with Gasteiger partial charge in [0.15, 0.2) is 0 Å². The Bertz CT molecular complexity index is 985. The molecule has 2 aromatic carbocycles. The monoisotopic (exact) mass is 470 g/mol. The Morgan fingerprint density at radius 3 is 2.47 bits per heavy atom. The Morgan fingerprint density at radius 2 is 1.80 bits per heavy atom. The molecule has 0 atom stereocenters. The molecule has 3 amide bonds. The van der Waals surface area contributed by atoms with E-state index < -0.39 is 0 Å². The summed E-state index contributed by atoms with van der Waals surface area (Å²) in [4.78, 5) is 41.1. The summed E-state index contributed by atoms with van der Waals surface area (Å²) in [6, 6.07) is 13.1. The number of fused-ring (bicyclic) bond motifs is 1. The van der Waals surface area contributed by atoms with Gasteiger partial charge in [-0.05, 0) is 55.2 Å². The van der Waals surface area contributed by atoms with Crippen LogP contribution in [0.5, 0.6) is 5.75 Å². The largest absolute Gasteiger partial charge is 0.497 e. The highest BCUT2D eigenvalue weighted by Crippen LogP contribution is 2.30. The predicted molar refractivity (Wildman–Crippen MR) is 115 cm³/mol. The summed E-state index contributed by atoms with van der Waals surface area (Å²) in [5.41, 5.74) is 1.90. The Labute approximate surface area is 183 Å². The first-order valence-electron chi connectivity index (χ1n) is 10.1.